The molecule has 1 saturated heterocycles. The van der Waals surface area contributed by atoms with E-state index in [1.807, 2.05) is 31.2 Å². The maximum Gasteiger partial charge on any atom is 0.259 e. The first-order valence-corrected chi connectivity index (χ1v) is 12.8. The van der Waals surface area contributed by atoms with Crippen LogP contribution in [0.5, 0.6) is 5.88 Å². The molecule has 2 heterocycles. The summed E-state index contributed by atoms with van der Waals surface area (Å²) in [6.45, 7) is 2.37. The zero-order chi connectivity index (χ0) is 23.2. The molecule has 1 aromatic heterocycles. The Morgan fingerprint density at radius 1 is 1.24 bits per heavy atom. The number of nitrogens with one attached hydrogen (secondary N) is 3. The number of ether oxygens (including phenoxy) is 1. The fourth-order valence-electron chi connectivity index (χ4n) is 4.52. The number of carbonyl (C=O) groups is 2. The lowest BCUT2D eigenvalue weighted by molar-refractivity contribution is -0.130. The number of nitrogens with zero attached hydrogens (tertiary/aromatic N) is 2. The van der Waals surface area contributed by atoms with E-state index in [0.717, 1.165) is 10.9 Å². The molecular weight excluding hydrogens is 446 g/mol. The van der Waals surface area contributed by atoms with Crippen LogP contribution in [0, 0.1) is 5.92 Å². The Morgan fingerprint density at radius 3 is 2.76 bits per heavy atom. The Bertz CT molecular complexity index is 1200. The van der Waals surface area contributed by atoms with Crippen LogP contribution in [0.15, 0.2) is 30.6 Å². The largest absolute Gasteiger partial charge is 0.472 e. The zero-order valence-electron chi connectivity index (χ0n) is 18.3. The van der Waals surface area contributed by atoms with Crippen LogP contribution in [-0.4, -0.2) is 59.7 Å². The summed E-state index contributed by atoms with van der Waals surface area (Å²) in [6.07, 6.45) is 3.80. The van der Waals surface area contributed by atoms with Crippen LogP contribution in [0.3, 0.4) is 0 Å². The van der Waals surface area contributed by atoms with Gasteiger partial charge in [-0.05, 0) is 37.3 Å². The van der Waals surface area contributed by atoms with Crippen molar-refractivity contribution in [2.75, 3.05) is 6.54 Å². The van der Waals surface area contributed by atoms with E-state index in [4.69, 9.17) is 4.74 Å². The summed E-state index contributed by atoms with van der Waals surface area (Å²) in [4.78, 5) is 34.3. The number of hydrogen-bond donors (Lipinski definition) is 3. The predicted octanol–water partition coefficient (Wildman–Crippen LogP) is 0.632. The molecule has 2 aliphatic carbocycles. The Hall–Kier alpha value is -2.79. The number of aromatic nitrogens is 2. The van der Waals surface area contributed by atoms with Gasteiger partial charge in [-0.2, -0.15) is 0 Å². The molecule has 0 unspecified atom stereocenters. The molecule has 33 heavy (non-hydrogen) atoms. The second-order valence-electron chi connectivity index (χ2n) is 9.08. The van der Waals surface area contributed by atoms with Gasteiger partial charge in [-0.3, -0.25) is 14.3 Å². The van der Waals surface area contributed by atoms with Crippen molar-refractivity contribution in [3.8, 4) is 5.88 Å². The standard InChI is InChI=1S/C22H27N5O5S/c1-2-13-10-22(13,21(29)27-33(30,31)15-7-8-15)26-19(28)18-9-14(11-23-18)32-20-16-5-3-4-6-17(16)24-12-25-20/h3-6,12-15,18,23H,2,7-11H2,1H3,(H,26,28)(H,27,29)/t13-,14-,18+,22-/m1/s1. The highest BCUT2D eigenvalue weighted by Gasteiger charge is 2.61. The summed E-state index contributed by atoms with van der Waals surface area (Å²) in [6, 6.07) is 6.98. The highest BCUT2D eigenvalue weighted by molar-refractivity contribution is 7.91. The summed E-state index contributed by atoms with van der Waals surface area (Å²) < 4.78 is 32.7. The Kier molecular flexibility index (Phi) is 5.48. The van der Waals surface area contributed by atoms with Crippen LogP contribution in [-0.2, 0) is 19.6 Å². The van der Waals surface area contributed by atoms with Gasteiger partial charge in [0, 0.05) is 13.0 Å². The summed E-state index contributed by atoms with van der Waals surface area (Å²) in [7, 11) is -3.68. The first-order chi connectivity index (χ1) is 15.8. The van der Waals surface area contributed by atoms with Gasteiger partial charge in [0.15, 0.2) is 0 Å². The minimum Gasteiger partial charge on any atom is -0.472 e. The van der Waals surface area contributed by atoms with Crippen molar-refractivity contribution in [2.45, 2.75) is 62.0 Å². The second kappa shape index (κ2) is 8.21. The Morgan fingerprint density at radius 2 is 2.03 bits per heavy atom. The normalized spacial score (nSPS) is 28.9. The molecule has 2 aromatic rings. The third-order valence-corrected chi connectivity index (χ3v) is 8.56. The van der Waals surface area contributed by atoms with Gasteiger partial charge in [-0.1, -0.05) is 25.5 Å². The van der Waals surface area contributed by atoms with E-state index in [2.05, 4.69) is 25.3 Å². The number of rotatable bonds is 8. The molecule has 0 bridgehead atoms. The predicted molar refractivity (Wildman–Crippen MR) is 120 cm³/mol. The van der Waals surface area contributed by atoms with Gasteiger partial charge in [-0.25, -0.2) is 18.4 Å². The van der Waals surface area contributed by atoms with E-state index < -0.39 is 32.8 Å². The minimum absolute atomic E-state index is 0.0864. The van der Waals surface area contributed by atoms with Gasteiger partial charge in [-0.15, -0.1) is 0 Å². The molecule has 5 rings (SSSR count). The van der Waals surface area contributed by atoms with Crippen molar-refractivity contribution in [3.63, 3.8) is 0 Å². The summed E-state index contributed by atoms with van der Waals surface area (Å²) >= 11 is 0. The average Bonchev–Trinajstić information content (AvgIpc) is 3.71. The van der Waals surface area contributed by atoms with Crippen molar-refractivity contribution in [1.82, 2.24) is 25.3 Å². The van der Waals surface area contributed by atoms with E-state index in [0.29, 0.717) is 44.5 Å². The molecule has 3 fully saturated rings. The molecule has 10 nitrogen and oxygen atoms in total. The third-order valence-electron chi connectivity index (χ3n) is 6.74. The topological polar surface area (TPSA) is 139 Å². The number of amides is 2. The average molecular weight is 474 g/mol. The van der Waals surface area contributed by atoms with Crippen molar-refractivity contribution in [3.05, 3.63) is 30.6 Å². The SMILES string of the molecule is CC[C@@H]1C[C@]1(NC(=O)[C@@H]1C[C@@H](Oc2ncnc3ccccc23)CN1)C(=O)NS(=O)(=O)C1CC1. The van der Waals surface area contributed by atoms with Crippen LogP contribution >= 0.6 is 0 Å². The van der Waals surface area contributed by atoms with Crippen LogP contribution in [0.25, 0.3) is 10.9 Å². The molecule has 3 N–H and O–H groups in total. The minimum atomic E-state index is -3.68. The molecular formula is C22H27N5O5S. The lowest BCUT2D eigenvalue weighted by atomic mass is 10.1. The first kappa shape index (κ1) is 22.0. The van der Waals surface area contributed by atoms with Crippen LogP contribution in [0.2, 0.25) is 0 Å². The molecule has 0 spiro atoms. The van der Waals surface area contributed by atoms with Gasteiger partial charge in [0.05, 0.1) is 22.2 Å². The van der Waals surface area contributed by atoms with Gasteiger partial charge < -0.3 is 15.4 Å². The fourth-order valence-corrected chi connectivity index (χ4v) is 5.89. The molecule has 3 aliphatic rings. The van der Waals surface area contributed by atoms with Crippen LogP contribution in [0.4, 0.5) is 0 Å². The lowest BCUT2D eigenvalue weighted by Gasteiger charge is -2.21. The van der Waals surface area contributed by atoms with E-state index in [9.17, 15) is 18.0 Å². The number of fused-ring (bicyclic) bond motifs is 1. The van der Waals surface area contributed by atoms with Gasteiger partial charge in [0.1, 0.15) is 18.0 Å². The number of sulfonamides is 1. The number of hydrogen-bond acceptors (Lipinski definition) is 8. The number of benzene rings is 1. The van der Waals surface area contributed by atoms with Crippen LogP contribution in [0.1, 0.15) is 39.0 Å². The van der Waals surface area contributed by atoms with E-state index >= 15 is 0 Å². The monoisotopic (exact) mass is 473 g/mol. The van der Waals surface area contributed by atoms with Crippen molar-refractivity contribution >= 4 is 32.7 Å². The van der Waals surface area contributed by atoms with Crippen molar-refractivity contribution in [1.29, 1.82) is 0 Å². The van der Waals surface area contributed by atoms with Gasteiger partial charge >= 0.3 is 0 Å². The molecule has 0 radical (unpaired) electrons. The maximum absolute atomic E-state index is 13.0. The quantitative estimate of drug-likeness (QED) is 0.507. The first-order valence-electron chi connectivity index (χ1n) is 11.3. The molecule has 1 aromatic carbocycles. The maximum atomic E-state index is 13.0. The highest BCUT2D eigenvalue weighted by atomic mass is 32.2. The Labute approximate surface area is 191 Å². The van der Waals surface area contributed by atoms with E-state index in [1.165, 1.54) is 6.33 Å². The molecule has 1 aliphatic heterocycles. The molecule has 176 valence electrons. The fraction of sp³-hybridized carbons (Fsp3) is 0.545. The highest BCUT2D eigenvalue weighted by Crippen LogP contribution is 2.46. The summed E-state index contributed by atoms with van der Waals surface area (Å²) in [5, 5.41) is 6.29. The Balaban J connectivity index is 1.23. The van der Waals surface area contributed by atoms with Gasteiger partial charge in [0.25, 0.3) is 5.91 Å². The van der Waals surface area contributed by atoms with Gasteiger partial charge in [0.2, 0.25) is 21.8 Å². The van der Waals surface area contributed by atoms with E-state index in [1.54, 1.807) is 0 Å². The van der Waals surface area contributed by atoms with Crippen molar-refractivity contribution in [2.24, 2.45) is 5.92 Å². The molecule has 2 saturated carbocycles. The van der Waals surface area contributed by atoms with E-state index in [-0.39, 0.29) is 17.9 Å². The number of para-hydroxylation sites is 1. The number of carbonyl (C=O) groups excluding carboxylic acids is 2. The smallest absolute Gasteiger partial charge is 0.259 e. The zero-order valence-corrected chi connectivity index (χ0v) is 19.1. The van der Waals surface area contributed by atoms with Crippen molar-refractivity contribution < 1.29 is 22.7 Å². The summed E-state index contributed by atoms with van der Waals surface area (Å²) in [5.41, 5.74) is -0.395. The lowest BCUT2D eigenvalue weighted by Crippen LogP contribution is -2.55. The summed E-state index contributed by atoms with van der Waals surface area (Å²) in [5.74, 6) is -0.587. The molecule has 2 amide bonds. The molecule has 4 atom stereocenters. The molecule has 11 heteroatoms. The second-order valence-corrected chi connectivity index (χ2v) is 11.0. The third kappa shape index (κ3) is 4.26. The van der Waals surface area contributed by atoms with Crippen LogP contribution < -0.4 is 20.1 Å².